The summed E-state index contributed by atoms with van der Waals surface area (Å²) < 4.78 is 80.2. The van der Waals surface area contributed by atoms with Crippen LogP contribution in [0, 0.1) is 12.8 Å². The van der Waals surface area contributed by atoms with Crippen molar-refractivity contribution in [3.63, 3.8) is 0 Å². The zero-order chi connectivity index (χ0) is 27.3. The molecular weight excluding hydrogens is 524 g/mol. The number of thiazole rings is 1. The lowest BCUT2D eigenvalue weighted by atomic mass is 9.89. The molecule has 1 aromatic heterocycles. The fourth-order valence-electron chi connectivity index (χ4n) is 4.38. The van der Waals surface area contributed by atoms with Gasteiger partial charge in [0.05, 0.1) is 4.88 Å². The summed E-state index contributed by atoms with van der Waals surface area (Å²) in [4.78, 5) is 32.1. The Balaban J connectivity index is 1.77. The first-order chi connectivity index (χ1) is 17.1. The third-order valence-corrected chi connectivity index (χ3v) is 7.88. The van der Waals surface area contributed by atoms with Crippen LogP contribution in [0.1, 0.15) is 64.0 Å². The lowest BCUT2D eigenvalue weighted by Crippen LogP contribution is -2.53. The highest BCUT2D eigenvalue weighted by Crippen LogP contribution is 2.50. The topological polar surface area (TPSA) is 82.5 Å². The predicted molar refractivity (Wildman–Crippen MR) is 123 cm³/mol. The number of alkyl halides is 6. The van der Waals surface area contributed by atoms with E-state index in [2.05, 4.69) is 10.3 Å². The monoisotopic (exact) mass is 549 g/mol. The Labute approximate surface area is 212 Å². The Morgan fingerprint density at radius 3 is 2.30 bits per heavy atom. The van der Waals surface area contributed by atoms with Crippen molar-refractivity contribution in [3.8, 4) is 10.4 Å². The Morgan fingerprint density at radius 2 is 1.78 bits per heavy atom. The van der Waals surface area contributed by atoms with Crippen molar-refractivity contribution >= 4 is 23.2 Å². The van der Waals surface area contributed by atoms with Gasteiger partial charge in [0.2, 0.25) is 0 Å². The van der Waals surface area contributed by atoms with Crippen LogP contribution in [0.2, 0.25) is 0 Å². The summed E-state index contributed by atoms with van der Waals surface area (Å²) >= 11 is 0.842. The minimum absolute atomic E-state index is 0.0311. The van der Waals surface area contributed by atoms with Crippen molar-refractivity contribution in [2.24, 2.45) is 5.92 Å². The molecule has 4 rings (SSSR count). The van der Waals surface area contributed by atoms with Gasteiger partial charge in [0.1, 0.15) is 5.69 Å². The van der Waals surface area contributed by atoms with Gasteiger partial charge >= 0.3 is 12.4 Å². The minimum atomic E-state index is -6.02. The number of likely N-dealkylation sites (tertiary alicyclic amines) is 1. The van der Waals surface area contributed by atoms with Crippen molar-refractivity contribution < 1.29 is 41.0 Å². The van der Waals surface area contributed by atoms with E-state index >= 15 is 0 Å². The Kier molecular flexibility index (Phi) is 7.08. The van der Waals surface area contributed by atoms with Crippen LogP contribution in [0.3, 0.4) is 0 Å². The molecule has 2 heterocycles. The molecule has 13 heteroatoms. The van der Waals surface area contributed by atoms with E-state index in [0.717, 1.165) is 43.1 Å². The summed E-state index contributed by atoms with van der Waals surface area (Å²) in [5, 5.41) is 12.5. The van der Waals surface area contributed by atoms with E-state index in [4.69, 9.17) is 0 Å². The van der Waals surface area contributed by atoms with Crippen LogP contribution in [0.4, 0.5) is 26.3 Å². The number of nitrogens with one attached hydrogen (secondary N) is 1. The van der Waals surface area contributed by atoms with Gasteiger partial charge in [-0.15, -0.1) is 11.3 Å². The molecule has 37 heavy (non-hydrogen) atoms. The number of carbonyl (C=O) groups is 2. The standard InChI is InChI=1S/C24H25F6N3O3S/c1-12-10-15(22(36,23(25,26)27)24(28,29)30)7-8-16(12)18-17(21(35)33-9-3-4-13(33)2)32-20(37-18)19(34)31-11-14-5-6-14/h7-8,10,13-14,36H,3-6,9,11H2,1-2H3,(H,31,34)/t13-/m0/s1. The molecule has 2 amide bonds. The fourth-order valence-corrected chi connectivity index (χ4v) is 5.45. The molecule has 0 spiro atoms. The second-order valence-electron chi connectivity index (χ2n) is 9.58. The zero-order valence-corrected chi connectivity index (χ0v) is 20.8. The number of hydrogen-bond acceptors (Lipinski definition) is 5. The van der Waals surface area contributed by atoms with Gasteiger partial charge in [-0.1, -0.05) is 18.2 Å². The maximum absolute atomic E-state index is 13.4. The summed E-state index contributed by atoms with van der Waals surface area (Å²) in [7, 11) is 0. The van der Waals surface area contributed by atoms with E-state index in [9.17, 15) is 41.0 Å². The molecular formula is C24H25F6N3O3S. The smallest absolute Gasteiger partial charge is 0.369 e. The number of amides is 2. The molecule has 6 nitrogen and oxygen atoms in total. The third-order valence-electron chi connectivity index (χ3n) is 6.80. The summed E-state index contributed by atoms with van der Waals surface area (Å²) in [6.07, 6.45) is -8.53. The highest BCUT2D eigenvalue weighted by Gasteiger charge is 2.71. The number of hydrogen-bond donors (Lipinski definition) is 2. The normalized spacial score (nSPS) is 18.8. The number of nitrogens with zero attached hydrogens (tertiary/aromatic N) is 2. The van der Waals surface area contributed by atoms with E-state index in [-0.39, 0.29) is 32.7 Å². The molecule has 0 radical (unpaired) electrons. The zero-order valence-electron chi connectivity index (χ0n) is 20.0. The molecule has 1 saturated heterocycles. The van der Waals surface area contributed by atoms with Crippen molar-refractivity contribution in [3.05, 3.63) is 40.0 Å². The van der Waals surface area contributed by atoms with Gasteiger partial charge in [0.15, 0.2) is 5.01 Å². The molecule has 2 N–H and O–H groups in total. The second-order valence-corrected chi connectivity index (χ2v) is 10.6. The molecule has 1 aliphatic heterocycles. The van der Waals surface area contributed by atoms with Gasteiger partial charge in [-0.3, -0.25) is 9.59 Å². The summed E-state index contributed by atoms with van der Waals surface area (Å²) in [6.45, 7) is 4.03. The lowest BCUT2D eigenvalue weighted by molar-refractivity contribution is -0.376. The average Bonchev–Trinajstić information content (AvgIpc) is 3.37. The highest BCUT2D eigenvalue weighted by atomic mass is 32.1. The number of rotatable bonds is 6. The predicted octanol–water partition coefficient (Wildman–Crippen LogP) is 5.20. The van der Waals surface area contributed by atoms with E-state index in [1.165, 1.54) is 6.92 Å². The summed E-state index contributed by atoms with van der Waals surface area (Å²) in [6, 6.07) is 2.01. The van der Waals surface area contributed by atoms with Gasteiger partial charge in [-0.05, 0) is 56.6 Å². The number of aliphatic hydroxyl groups is 1. The molecule has 202 valence electrons. The van der Waals surface area contributed by atoms with Crippen molar-refractivity contribution in [1.82, 2.24) is 15.2 Å². The van der Waals surface area contributed by atoms with E-state index in [1.807, 2.05) is 6.92 Å². The molecule has 1 saturated carbocycles. The minimum Gasteiger partial charge on any atom is -0.369 e. The molecule has 2 fully saturated rings. The second kappa shape index (κ2) is 9.57. The number of carbonyl (C=O) groups excluding carboxylic acids is 2. The number of aryl methyl sites for hydroxylation is 1. The van der Waals surface area contributed by atoms with Crippen molar-refractivity contribution in [2.45, 2.75) is 63.5 Å². The van der Waals surface area contributed by atoms with E-state index in [0.29, 0.717) is 31.1 Å². The Hall–Kier alpha value is -2.67. The SMILES string of the molecule is Cc1cc(C(O)(C(F)(F)F)C(F)(F)F)ccc1-c1sc(C(=O)NCC2CC2)nc1C(=O)N1CCC[C@@H]1C. The first kappa shape index (κ1) is 27.4. The molecule has 0 bridgehead atoms. The van der Waals surface area contributed by atoms with E-state index < -0.39 is 35.3 Å². The van der Waals surface area contributed by atoms with Gasteiger partial charge in [-0.2, -0.15) is 26.3 Å². The number of halogens is 6. The number of benzene rings is 1. The van der Waals surface area contributed by atoms with Crippen LogP contribution < -0.4 is 5.32 Å². The maximum Gasteiger partial charge on any atom is 0.430 e. The first-order valence-electron chi connectivity index (χ1n) is 11.7. The summed E-state index contributed by atoms with van der Waals surface area (Å²) in [5.41, 5.74) is -6.48. The largest absolute Gasteiger partial charge is 0.430 e. The van der Waals surface area contributed by atoms with Crippen LogP contribution in [-0.4, -0.2) is 58.3 Å². The first-order valence-corrected chi connectivity index (χ1v) is 12.5. The van der Waals surface area contributed by atoms with Crippen LogP contribution in [-0.2, 0) is 5.60 Å². The number of aromatic nitrogens is 1. The fraction of sp³-hybridized carbons (Fsp3) is 0.542. The Morgan fingerprint density at radius 1 is 1.14 bits per heavy atom. The third kappa shape index (κ3) is 5.07. The molecule has 0 unspecified atom stereocenters. The van der Waals surface area contributed by atoms with Gasteiger partial charge in [0, 0.05) is 24.7 Å². The van der Waals surface area contributed by atoms with Crippen molar-refractivity contribution in [2.75, 3.05) is 13.1 Å². The van der Waals surface area contributed by atoms with Crippen LogP contribution in [0.5, 0.6) is 0 Å². The highest BCUT2D eigenvalue weighted by molar-refractivity contribution is 7.17. The molecule has 1 aliphatic carbocycles. The quantitative estimate of drug-likeness (QED) is 0.486. The molecule has 1 atom stereocenters. The van der Waals surface area contributed by atoms with Crippen LogP contribution >= 0.6 is 11.3 Å². The van der Waals surface area contributed by atoms with Crippen LogP contribution in [0.15, 0.2) is 18.2 Å². The lowest BCUT2D eigenvalue weighted by Gasteiger charge is -2.33. The summed E-state index contributed by atoms with van der Waals surface area (Å²) in [5.74, 6) is -0.599. The average molecular weight is 550 g/mol. The van der Waals surface area contributed by atoms with Gasteiger partial charge < -0.3 is 15.3 Å². The molecule has 2 aliphatic rings. The van der Waals surface area contributed by atoms with E-state index in [1.54, 1.807) is 4.90 Å². The Bertz CT molecular complexity index is 1190. The van der Waals surface area contributed by atoms with Gasteiger partial charge in [-0.25, -0.2) is 4.98 Å². The molecule has 1 aromatic carbocycles. The molecule has 2 aromatic rings. The van der Waals surface area contributed by atoms with Gasteiger partial charge in [0.25, 0.3) is 17.4 Å². The van der Waals surface area contributed by atoms with Crippen molar-refractivity contribution in [1.29, 1.82) is 0 Å². The van der Waals surface area contributed by atoms with Crippen LogP contribution in [0.25, 0.3) is 10.4 Å². The maximum atomic E-state index is 13.4.